The molecule has 100 valence electrons. The van der Waals surface area contributed by atoms with Gasteiger partial charge in [0.2, 0.25) is 5.82 Å². The number of rotatable bonds is 1. The molecule has 3 rings (SSSR count). The van der Waals surface area contributed by atoms with Crippen LogP contribution in [0.1, 0.15) is 29.2 Å². The molecule has 3 heterocycles. The summed E-state index contributed by atoms with van der Waals surface area (Å²) < 4.78 is 1.56. The number of aromatic nitrogens is 4. The first-order valence-electron chi connectivity index (χ1n) is 6.31. The number of carbonyl (C=O) groups is 1. The minimum Gasteiger partial charge on any atom is -0.393 e. The summed E-state index contributed by atoms with van der Waals surface area (Å²) >= 11 is 0. The number of fused-ring (bicyclic) bond motifs is 1. The Labute approximate surface area is 109 Å². The van der Waals surface area contributed by atoms with Crippen molar-refractivity contribution in [3.8, 4) is 0 Å². The summed E-state index contributed by atoms with van der Waals surface area (Å²) in [5.41, 5.74) is 0.880. The van der Waals surface area contributed by atoms with Gasteiger partial charge in [0.05, 0.1) is 6.10 Å². The van der Waals surface area contributed by atoms with Gasteiger partial charge in [0, 0.05) is 25.0 Å². The number of nitrogens with zero attached hydrogens (tertiary/aromatic N) is 5. The lowest BCUT2D eigenvalue weighted by Crippen LogP contribution is -2.40. The van der Waals surface area contributed by atoms with Gasteiger partial charge < -0.3 is 10.0 Å². The van der Waals surface area contributed by atoms with Gasteiger partial charge in [-0.1, -0.05) is 0 Å². The van der Waals surface area contributed by atoms with Crippen LogP contribution in [0.5, 0.6) is 0 Å². The van der Waals surface area contributed by atoms with E-state index in [0.29, 0.717) is 31.7 Å². The van der Waals surface area contributed by atoms with Gasteiger partial charge in [0.25, 0.3) is 11.7 Å². The van der Waals surface area contributed by atoms with Crippen LogP contribution >= 0.6 is 0 Å². The molecule has 2 aromatic heterocycles. The highest BCUT2D eigenvalue weighted by Gasteiger charge is 2.25. The summed E-state index contributed by atoms with van der Waals surface area (Å²) in [6, 6.07) is 1.81. The highest BCUT2D eigenvalue weighted by Crippen LogP contribution is 2.12. The number of hydrogen-bond acceptors (Lipinski definition) is 5. The fourth-order valence-electron chi connectivity index (χ4n) is 2.21. The van der Waals surface area contributed by atoms with Gasteiger partial charge in [-0.3, -0.25) is 4.79 Å². The van der Waals surface area contributed by atoms with Gasteiger partial charge in [-0.25, -0.2) is 9.50 Å². The molecule has 0 radical (unpaired) electrons. The van der Waals surface area contributed by atoms with Crippen molar-refractivity contribution in [1.82, 2.24) is 24.5 Å². The fraction of sp³-hybridized carbons (Fsp3) is 0.500. The summed E-state index contributed by atoms with van der Waals surface area (Å²) in [4.78, 5) is 22.2. The molecular formula is C12H15N5O2. The van der Waals surface area contributed by atoms with Crippen molar-refractivity contribution in [2.75, 3.05) is 13.1 Å². The third-order valence-corrected chi connectivity index (χ3v) is 3.37. The number of aryl methyl sites for hydroxylation is 1. The zero-order valence-electron chi connectivity index (χ0n) is 10.7. The van der Waals surface area contributed by atoms with Crippen LogP contribution < -0.4 is 0 Å². The van der Waals surface area contributed by atoms with Crippen LogP contribution in [0.3, 0.4) is 0 Å². The van der Waals surface area contributed by atoms with Crippen LogP contribution in [0.4, 0.5) is 0 Å². The van der Waals surface area contributed by atoms with Crippen molar-refractivity contribution in [3.05, 3.63) is 23.8 Å². The smallest absolute Gasteiger partial charge is 0.293 e. The Balaban J connectivity index is 1.87. The van der Waals surface area contributed by atoms with E-state index in [1.807, 2.05) is 13.0 Å². The van der Waals surface area contributed by atoms with Gasteiger partial charge in [-0.15, -0.1) is 5.10 Å². The van der Waals surface area contributed by atoms with Gasteiger partial charge in [-0.05, 0) is 25.8 Å². The quantitative estimate of drug-likeness (QED) is 0.783. The number of aliphatic hydroxyl groups is 1. The van der Waals surface area contributed by atoms with E-state index in [-0.39, 0.29) is 17.8 Å². The second-order valence-electron chi connectivity index (χ2n) is 4.76. The molecule has 1 aliphatic heterocycles. The Morgan fingerprint density at radius 1 is 1.42 bits per heavy atom. The molecular weight excluding hydrogens is 246 g/mol. The Morgan fingerprint density at radius 3 is 2.84 bits per heavy atom. The predicted octanol–water partition coefficient (Wildman–Crippen LogP) is 0.0296. The standard InChI is InChI=1S/C12H15N5O2/c1-8-2-5-13-12-14-10(15-17(8)12)11(19)16-6-3-9(18)4-7-16/h2,5,9,18H,3-4,6-7H2,1H3. The van der Waals surface area contributed by atoms with E-state index >= 15 is 0 Å². The largest absolute Gasteiger partial charge is 0.393 e. The highest BCUT2D eigenvalue weighted by atomic mass is 16.3. The first kappa shape index (κ1) is 12.0. The monoisotopic (exact) mass is 261 g/mol. The molecule has 0 spiro atoms. The lowest BCUT2D eigenvalue weighted by atomic mass is 10.1. The summed E-state index contributed by atoms with van der Waals surface area (Å²) in [5.74, 6) is 0.399. The molecule has 1 N–H and O–H groups in total. The van der Waals surface area contributed by atoms with Crippen LogP contribution in [0.2, 0.25) is 0 Å². The molecule has 1 saturated heterocycles. The molecule has 0 saturated carbocycles. The zero-order valence-corrected chi connectivity index (χ0v) is 10.7. The Hall–Kier alpha value is -2.02. The maximum absolute atomic E-state index is 12.3. The number of likely N-dealkylation sites (tertiary alicyclic amines) is 1. The second kappa shape index (κ2) is 4.58. The lowest BCUT2D eigenvalue weighted by Gasteiger charge is -2.28. The number of carbonyl (C=O) groups excluding carboxylic acids is 1. The van der Waals surface area contributed by atoms with Gasteiger partial charge >= 0.3 is 0 Å². The van der Waals surface area contributed by atoms with Gasteiger partial charge in [0.1, 0.15) is 0 Å². The van der Waals surface area contributed by atoms with Crippen molar-refractivity contribution < 1.29 is 9.90 Å². The van der Waals surface area contributed by atoms with E-state index in [4.69, 9.17) is 0 Å². The highest BCUT2D eigenvalue weighted by molar-refractivity contribution is 5.90. The SMILES string of the molecule is Cc1ccnc2nc(C(=O)N3CCC(O)CC3)nn12. The van der Waals surface area contributed by atoms with E-state index in [1.165, 1.54) is 0 Å². The second-order valence-corrected chi connectivity index (χ2v) is 4.76. The summed E-state index contributed by atoms with van der Waals surface area (Å²) in [5, 5.41) is 13.6. The first-order chi connectivity index (χ1) is 9.15. The number of aliphatic hydroxyl groups excluding tert-OH is 1. The minimum atomic E-state index is -0.304. The maximum Gasteiger partial charge on any atom is 0.293 e. The maximum atomic E-state index is 12.3. The average Bonchev–Trinajstić information content (AvgIpc) is 2.84. The third-order valence-electron chi connectivity index (χ3n) is 3.37. The van der Waals surface area contributed by atoms with Gasteiger partial charge in [-0.2, -0.15) is 4.98 Å². The van der Waals surface area contributed by atoms with Crippen LogP contribution in [0.25, 0.3) is 5.78 Å². The van der Waals surface area contributed by atoms with Crippen LogP contribution in [-0.2, 0) is 0 Å². The number of hydrogen-bond donors (Lipinski definition) is 1. The first-order valence-corrected chi connectivity index (χ1v) is 6.31. The molecule has 2 aromatic rings. The molecule has 19 heavy (non-hydrogen) atoms. The summed E-state index contributed by atoms with van der Waals surface area (Å²) in [6.45, 7) is 2.97. The van der Waals surface area contributed by atoms with Crippen molar-refractivity contribution >= 4 is 11.7 Å². The molecule has 0 bridgehead atoms. The number of piperidine rings is 1. The van der Waals surface area contributed by atoms with Gasteiger partial charge in [0.15, 0.2) is 0 Å². The molecule has 0 unspecified atom stereocenters. The Morgan fingerprint density at radius 2 is 2.16 bits per heavy atom. The normalized spacial score (nSPS) is 17.1. The average molecular weight is 261 g/mol. The fourth-order valence-corrected chi connectivity index (χ4v) is 2.21. The van der Waals surface area contributed by atoms with E-state index in [2.05, 4.69) is 15.1 Å². The van der Waals surface area contributed by atoms with E-state index in [0.717, 1.165) is 5.69 Å². The van der Waals surface area contributed by atoms with Crippen molar-refractivity contribution in [1.29, 1.82) is 0 Å². The van der Waals surface area contributed by atoms with Crippen LogP contribution in [0.15, 0.2) is 12.3 Å². The molecule has 0 aliphatic carbocycles. The van der Waals surface area contributed by atoms with E-state index in [9.17, 15) is 9.90 Å². The Bertz CT molecular complexity index is 616. The van der Waals surface area contributed by atoms with Crippen LogP contribution in [-0.4, -0.2) is 54.7 Å². The van der Waals surface area contributed by atoms with E-state index in [1.54, 1.807) is 15.6 Å². The van der Waals surface area contributed by atoms with Crippen molar-refractivity contribution in [2.45, 2.75) is 25.9 Å². The molecule has 1 aliphatic rings. The molecule has 7 heteroatoms. The summed E-state index contributed by atoms with van der Waals surface area (Å²) in [7, 11) is 0. The molecule has 1 fully saturated rings. The topological polar surface area (TPSA) is 83.6 Å². The molecule has 1 amide bonds. The zero-order chi connectivity index (χ0) is 13.4. The molecule has 0 atom stereocenters. The van der Waals surface area contributed by atoms with E-state index < -0.39 is 0 Å². The van der Waals surface area contributed by atoms with Crippen molar-refractivity contribution in [2.24, 2.45) is 0 Å². The Kier molecular flexibility index (Phi) is 2.90. The molecule has 0 aromatic carbocycles. The predicted molar refractivity (Wildman–Crippen MR) is 66.7 cm³/mol. The van der Waals surface area contributed by atoms with Crippen molar-refractivity contribution in [3.63, 3.8) is 0 Å². The third kappa shape index (κ3) is 2.17. The minimum absolute atomic E-state index is 0.165. The summed E-state index contributed by atoms with van der Waals surface area (Å²) in [6.07, 6.45) is 2.56. The molecule has 7 nitrogen and oxygen atoms in total. The number of amides is 1. The lowest BCUT2D eigenvalue weighted by molar-refractivity contribution is 0.0536. The van der Waals surface area contributed by atoms with Crippen LogP contribution in [0, 0.1) is 6.92 Å².